The van der Waals surface area contributed by atoms with Crippen LogP contribution < -0.4 is 0 Å². The summed E-state index contributed by atoms with van der Waals surface area (Å²) >= 11 is 0. The van der Waals surface area contributed by atoms with Crippen LogP contribution in [-0.4, -0.2) is 87.4 Å². The Balaban J connectivity index is 4.05. The van der Waals surface area contributed by atoms with Crippen LogP contribution >= 0.6 is 0 Å². The summed E-state index contributed by atoms with van der Waals surface area (Å²) in [7, 11) is 5.98. The molecule has 0 heterocycles. The zero-order valence-electron chi connectivity index (χ0n) is 60.9. The second-order valence-electron chi connectivity index (χ2n) is 26.6. The van der Waals surface area contributed by atoms with E-state index in [1.165, 1.54) is 186 Å². The van der Waals surface area contributed by atoms with Crippen molar-refractivity contribution in [3.05, 3.63) is 134 Å². The number of ether oxygens (including phenoxy) is 4. The minimum absolute atomic E-state index is 0.185. The fraction of sp³-hybridized carbons (Fsp3) is 0.702. The number of carboxylic acid groups (broad SMARTS) is 1. The first kappa shape index (κ1) is 88.4. The Kier molecular flexibility index (Phi) is 69.6. The SMILES string of the molecule is CC/C=C\C/C=C\C/C=C\C/C=C\C/C=C\C/C=C\CCCCCCCCCCCCCCCCCCCCC(=O)OC(COC(=O)CCCCCCCCCCCCCCCCC/C=C\C/C=C\C/C=C\C/C=C\C/C=C\CC)COC(OCC[N+](C)(C)C)C(=O)O. The topological polar surface area (TPSA) is 108 Å². The van der Waals surface area contributed by atoms with Crippen LogP contribution in [0.5, 0.6) is 0 Å². The van der Waals surface area contributed by atoms with Gasteiger partial charge in [-0.15, -0.1) is 0 Å². The highest BCUT2D eigenvalue weighted by Gasteiger charge is 2.25. The van der Waals surface area contributed by atoms with Crippen molar-refractivity contribution in [2.45, 2.75) is 334 Å². The molecule has 0 fully saturated rings. The van der Waals surface area contributed by atoms with E-state index in [1.54, 1.807) is 0 Å². The van der Waals surface area contributed by atoms with E-state index >= 15 is 0 Å². The molecule has 0 aromatic rings. The monoisotopic (exact) mass is 1300 g/mol. The van der Waals surface area contributed by atoms with E-state index < -0.39 is 24.3 Å². The van der Waals surface area contributed by atoms with Crippen LogP contribution in [0.25, 0.3) is 0 Å². The highest BCUT2D eigenvalue weighted by atomic mass is 16.7. The lowest BCUT2D eigenvalue weighted by atomic mass is 10.0. The third-order valence-corrected chi connectivity index (χ3v) is 16.4. The van der Waals surface area contributed by atoms with Gasteiger partial charge in [0, 0.05) is 12.8 Å². The van der Waals surface area contributed by atoms with Gasteiger partial charge in [0.05, 0.1) is 34.4 Å². The zero-order valence-corrected chi connectivity index (χ0v) is 60.9. The Bertz CT molecular complexity index is 2000. The summed E-state index contributed by atoms with van der Waals surface area (Å²) in [5.74, 6) is -2.00. The molecule has 93 heavy (non-hydrogen) atoms. The van der Waals surface area contributed by atoms with Gasteiger partial charge in [-0.2, -0.15) is 0 Å². The predicted octanol–water partition coefficient (Wildman–Crippen LogP) is 24.5. The molecule has 0 aromatic heterocycles. The lowest BCUT2D eigenvalue weighted by Gasteiger charge is -2.25. The molecule has 2 atom stereocenters. The third-order valence-electron chi connectivity index (χ3n) is 16.4. The number of aliphatic carboxylic acids is 1. The van der Waals surface area contributed by atoms with Gasteiger partial charge in [-0.25, -0.2) is 4.79 Å². The fourth-order valence-corrected chi connectivity index (χ4v) is 10.6. The lowest BCUT2D eigenvalue weighted by molar-refractivity contribution is -0.870. The van der Waals surface area contributed by atoms with Gasteiger partial charge < -0.3 is 28.5 Å². The number of hydrogen-bond acceptors (Lipinski definition) is 7. The number of unbranched alkanes of at least 4 members (excludes halogenated alkanes) is 33. The van der Waals surface area contributed by atoms with Gasteiger partial charge in [0.2, 0.25) is 0 Å². The molecule has 0 aliphatic rings. The van der Waals surface area contributed by atoms with Crippen LogP contribution in [0.4, 0.5) is 0 Å². The average molecular weight is 1300 g/mol. The van der Waals surface area contributed by atoms with Gasteiger partial charge in [0.1, 0.15) is 13.2 Å². The van der Waals surface area contributed by atoms with Crippen LogP contribution in [0.2, 0.25) is 0 Å². The molecule has 0 aliphatic carbocycles. The first-order valence-electron chi connectivity index (χ1n) is 38.3. The van der Waals surface area contributed by atoms with Gasteiger partial charge in [0.15, 0.2) is 6.10 Å². The van der Waals surface area contributed by atoms with Gasteiger partial charge in [-0.3, -0.25) is 9.59 Å². The van der Waals surface area contributed by atoms with E-state index in [2.05, 4.69) is 148 Å². The third kappa shape index (κ3) is 74.7. The van der Waals surface area contributed by atoms with Gasteiger partial charge in [-0.05, 0) is 109 Å². The second-order valence-corrected chi connectivity index (χ2v) is 26.6. The Labute approximate surface area is 573 Å². The average Bonchev–Trinajstić information content (AvgIpc) is 3.73. The van der Waals surface area contributed by atoms with Crippen molar-refractivity contribution in [1.82, 2.24) is 0 Å². The normalized spacial score (nSPS) is 13.4. The maximum atomic E-state index is 13.0. The molecule has 0 radical (unpaired) electrons. The number of hydrogen-bond donors (Lipinski definition) is 1. The number of carboxylic acids is 1. The summed E-state index contributed by atoms with van der Waals surface area (Å²) in [6.45, 7) is 4.68. The number of allylic oxidation sites excluding steroid dienone is 22. The molecular formula is C84H144NO8+. The summed E-state index contributed by atoms with van der Waals surface area (Å²) < 4.78 is 23.0. The summed E-state index contributed by atoms with van der Waals surface area (Å²) in [5, 5.41) is 9.77. The molecule has 2 unspecified atom stereocenters. The standard InChI is InChI=1S/C84H143NO8/c1-6-8-10-12-14-16-18-20-22-24-26-28-30-32-34-36-38-39-40-41-42-43-45-47-49-51-53-55-57-59-61-63-65-67-69-71-73-75-82(87)93-80(79-92-84(83(88)89)90-77-76-85(3,4)5)78-91-81(86)74-72-70-68-66-64-62-60-58-56-54-52-50-48-46-44-37-35-33-31-29-27-25-23-21-19-17-15-13-11-9-7-2/h8-11,14-17,20-23,26-29,32-35,38-39,80,84H,6-7,12-13,18-19,24-25,30-31,36-37,40-79H2,1-5H3/p+1/b10-8-,11-9-,16-14-,17-15-,22-20-,23-21-,28-26-,29-27-,34-32-,35-33-,39-38-. The number of esters is 2. The van der Waals surface area contributed by atoms with E-state index in [0.717, 1.165) is 109 Å². The van der Waals surface area contributed by atoms with E-state index in [4.69, 9.17) is 18.9 Å². The maximum absolute atomic E-state index is 13.0. The highest BCUT2D eigenvalue weighted by Crippen LogP contribution is 2.18. The highest BCUT2D eigenvalue weighted by molar-refractivity contribution is 5.71. The van der Waals surface area contributed by atoms with E-state index in [0.29, 0.717) is 17.4 Å². The molecule has 0 saturated heterocycles. The molecule has 1 N–H and O–H groups in total. The molecule has 9 nitrogen and oxygen atoms in total. The Hall–Kier alpha value is -4.57. The van der Waals surface area contributed by atoms with Crippen molar-refractivity contribution in [1.29, 1.82) is 0 Å². The van der Waals surface area contributed by atoms with Crippen LogP contribution in [0.3, 0.4) is 0 Å². The zero-order chi connectivity index (χ0) is 67.5. The van der Waals surface area contributed by atoms with Crippen LogP contribution in [0.15, 0.2) is 134 Å². The predicted molar refractivity (Wildman–Crippen MR) is 401 cm³/mol. The molecule has 532 valence electrons. The molecule has 0 amide bonds. The lowest BCUT2D eigenvalue weighted by Crippen LogP contribution is -2.40. The number of rotatable bonds is 70. The van der Waals surface area contributed by atoms with Crippen molar-refractivity contribution in [2.24, 2.45) is 0 Å². The van der Waals surface area contributed by atoms with Crippen molar-refractivity contribution in [2.75, 3.05) is 47.5 Å². The number of likely N-dealkylation sites (N-methyl/N-ethyl adjacent to an activating group) is 1. The number of nitrogens with zero attached hydrogens (tertiary/aromatic N) is 1. The van der Waals surface area contributed by atoms with Crippen molar-refractivity contribution in [3.63, 3.8) is 0 Å². The van der Waals surface area contributed by atoms with E-state index in [1.807, 2.05) is 21.1 Å². The number of carbonyl (C=O) groups is 3. The largest absolute Gasteiger partial charge is 0.477 e. The first-order valence-corrected chi connectivity index (χ1v) is 38.3. The summed E-state index contributed by atoms with van der Waals surface area (Å²) in [4.78, 5) is 37.7. The van der Waals surface area contributed by atoms with Crippen LogP contribution in [0.1, 0.15) is 322 Å². The molecule has 0 aromatic carbocycles. The van der Waals surface area contributed by atoms with Crippen molar-refractivity contribution >= 4 is 17.9 Å². The number of quaternary nitrogens is 1. The molecule has 0 bridgehead atoms. The smallest absolute Gasteiger partial charge is 0.361 e. The Morgan fingerprint density at radius 3 is 0.860 bits per heavy atom. The maximum Gasteiger partial charge on any atom is 0.361 e. The molecule has 9 heteroatoms. The summed E-state index contributed by atoms with van der Waals surface area (Å²) in [5.41, 5.74) is 0. The van der Waals surface area contributed by atoms with Crippen LogP contribution in [0, 0.1) is 0 Å². The number of carbonyl (C=O) groups excluding carboxylic acids is 2. The minimum atomic E-state index is -1.52. The summed E-state index contributed by atoms with van der Waals surface area (Å²) in [6.07, 6.45) is 103. The quantitative estimate of drug-likeness (QED) is 0.0211. The van der Waals surface area contributed by atoms with Crippen molar-refractivity contribution in [3.8, 4) is 0 Å². The second kappa shape index (κ2) is 73.2. The molecule has 0 saturated carbocycles. The minimum Gasteiger partial charge on any atom is -0.477 e. The molecule has 0 spiro atoms. The molecule has 0 aliphatic heterocycles. The van der Waals surface area contributed by atoms with Gasteiger partial charge >= 0.3 is 17.9 Å². The fourth-order valence-electron chi connectivity index (χ4n) is 10.6. The van der Waals surface area contributed by atoms with Crippen molar-refractivity contribution < 1.29 is 42.9 Å². The van der Waals surface area contributed by atoms with Crippen LogP contribution in [-0.2, 0) is 33.3 Å². The summed E-state index contributed by atoms with van der Waals surface area (Å²) in [6, 6.07) is 0. The van der Waals surface area contributed by atoms with E-state index in [-0.39, 0.29) is 32.2 Å². The Morgan fingerprint density at radius 1 is 0.323 bits per heavy atom. The van der Waals surface area contributed by atoms with Gasteiger partial charge in [-0.1, -0.05) is 334 Å². The first-order chi connectivity index (χ1) is 45.6. The Morgan fingerprint density at radius 2 is 0.581 bits per heavy atom. The molecular weight excluding hydrogens is 1150 g/mol. The van der Waals surface area contributed by atoms with Gasteiger partial charge in [0.25, 0.3) is 6.29 Å². The van der Waals surface area contributed by atoms with E-state index in [9.17, 15) is 19.5 Å². The molecule has 0 rings (SSSR count).